The average Bonchev–Trinajstić information content (AvgIpc) is 3.36. The fourth-order valence-corrected chi connectivity index (χ4v) is 6.31. The highest BCUT2D eigenvalue weighted by Gasteiger charge is 2.40. The Hall–Kier alpha value is -2.34. The van der Waals surface area contributed by atoms with Gasteiger partial charge in [-0.15, -0.1) is 0 Å². The topological polar surface area (TPSA) is 66.5 Å². The first-order valence-corrected chi connectivity index (χ1v) is 12.3. The highest BCUT2D eigenvalue weighted by atomic mass is 32.2. The number of nitrogens with zero attached hydrogens (tertiary/aromatic N) is 1. The van der Waals surface area contributed by atoms with Crippen molar-refractivity contribution < 1.29 is 13.2 Å². The molecule has 0 heterocycles. The van der Waals surface area contributed by atoms with Crippen LogP contribution in [0.2, 0.25) is 0 Å². The van der Waals surface area contributed by atoms with Gasteiger partial charge in [-0.2, -0.15) is 0 Å². The van der Waals surface area contributed by atoms with Crippen molar-refractivity contribution in [2.45, 2.75) is 56.4 Å². The molecule has 0 spiro atoms. The number of carbonyl (C=O) groups excluding carboxylic acids is 1. The maximum absolute atomic E-state index is 13.4. The minimum absolute atomic E-state index is 0.181. The molecule has 1 amide bonds. The predicted molar refractivity (Wildman–Crippen MR) is 119 cm³/mol. The summed E-state index contributed by atoms with van der Waals surface area (Å²) < 4.78 is 28.0. The van der Waals surface area contributed by atoms with Gasteiger partial charge in [0.1, 0.15) is 6.54 Å². The van der Waals surface area contributed by atoms with E-state index in [1.54, 1.807) is 42.5 Å². The molecule has 2 aromatic carbocycles. The van der Waals surface area contributed by atoms with Gasteiger partial charge in [0.15, 0.2) is 0 Å². The number of benzene rings is 2. The number of hydrogen-bond donors (Lipinski definition) is 1. The van der Waals surface area contributed by atoms with E-state index in [9.17, 15) is 13.2 Å². The summed E-state index contributed by atoms with van der Waals surface area (Å²) in [4.78, 5) is 13.1. The molecule has 2 aliphatic carbocycles. The largest absolute Gasteiger partial charge is 0.352 e. The normalized spacial score (nSPS) is 23.0. The van der Waals surface area contributed by atoms with Crippen molar-refractivity contribution in [2.24, 2.45) is 11.8 Å². The van der Waals surface area contributed by atoms with E-state index in [4.69, 9.17) is 0 Å². The van der Waals surface area contributed by atoms with Crippen LogP contribution in [-0.2, 0) is 14.8 Å². The zero-order valence-electron chi connectivity index (χ0n) is 17.6. The van der Waals surface area contributed by atoms with Gasteiger partial charge < -0.3 is 5.32 Å². The van der Waals surface area contributed by atoms with Crippen molar-refractivity contribution in [3.05, 3.63) is 60.2 Å². The maximum atomic E-state index is 13.4. The quantitative estimate of drug-likeness (QED) is 0.717. The van der Waals surface area contributed by atoms with E-state index in [2.05, 4.69) is 19.2 Å². The smallest absolute Gasteiger partial charge is 0.264 e. The minimum Gasteiger partial charge on any atom is -0.352 e. The second kappa shape index (κ2) is 8.42. The number of carbonyl (C=O) groups is 1. The van der Waals surface area contributed by atoms with E-state index >= 15 is 0 Å². The van der Waals surface area contributed by atoms with E-state index in [0.717, 1.165) is 18.4 Å². The molecule has 5 nitrogen and oxygen atoms in total. The molecule has 0 aliphatic heterocycles. The van der Waals surface area contributed by atoms with Crippen molar-refractivity contribution >= 4 is 21.6 Å². The molecule has 3 atom stereocenters. The van der Waals surface area contributed by atoms with Crippen molar-refractivity contribution in [3.8, 4) is 0 Å². The van der Waals surface area contributed by atoms with E-state index in [1.165, 1.54) is 17.1 Å². The molecule has 0 saturated heterocycles. The van der Waals surface area contributed by atoms with Gasteiger partial charge in [-0.1, -0.05) is 50.6 Å². The summed E-state index contributed by atoms with van der Waals surface area (Å²) in [6.07, 6.45) is 4.63. The molecular weight excluding hydrogens is 396 g/mol. The van der Waals surface area contributed by atoms with Crippen molar-refractivity contribution in [1.82, 2.24) is 5.32 Å². The Balaban J connectivity index is 1.59. The Labute approximate surface area is 179 Å². The third kappa shape index (κ3) is 4.24. The third-order valence-corrected chi connectivity index (χ3v) is 8.34. The maximum Gasteiger partial charge on any atom is 0.264 e. The summed E-state index contributed by atoms with van der Waals surface area (Å²) in [5, 5.41) is 3.12. The minimum atomic E-state index is -3.85. The SMILES string of the molecule is CC(C)c1ccc(N(CC(=O)N[C@@H]2C[C@@H]3CC[C@@H]2C3)S(=O)(=O)c2ccccc2)cc1. The third-order valence-electron chi connectivity index (χ3n) is 6.55. The Morgan fingerprint density at radius 1 is 1.03 bits per heavy atom. The van der Waals surface area contributed by atoms with Crippen molar-refractivity contribution in [1.29, 1.82) is 0 Å². The van der Waals surface area contributed by atoms with Crippen LogP contribution < -0.4 is 9.62 Å². The van der Waals surface area contributed by atoms with Gasteiger partial charge in [0.05, 0.1) is 10.6 Å². The molecule has 1 N–H and O–H groups in total. The van der Waals surface area contributed by atoms with Gasteiger partial charge >= 0.3 is 0 Å². The predicted octanol–water partition coefficient (Wildman–Crippen LogP) is 4.31. The molecule has 0 aromatic heterocycles. The molecule has 160 valence electrons. The molecular formula is C24H30N2O3S. The van der Waals surface area contributed by atoms with Crippen LogP contribution in [-0.4, -0.2) is 26.9 Å². The van der Waals surface area contributed by atoms with Gasteiger partial charge in [0.25, 0.3) is 10.0 Å². The van der Waals surface area contributed by atoms with Crippen LogP contribution in [0.15, 0.2) is 59.5 Å². The summed E-state index contributed by atoms with van der Waals surface area (Å²) in [7, 11) is -3.85. The highest BCUT2D eigenvalue weighted by molar-refractivity contribution is 7.92. The number of rotatable bonds is 7. The lowest BCUT2D eigenvalue weighted by atomic mass is 9.95. The number of anilines is 1. The zero-order chi connectivity index (χ0) is 21.3. The van der Waals surface area contributed by atoms with Crippen LogP contribution in [0, 0.1) is 11.8 Å². The van der Waals surface area contributed by atoms with Crippen LogP contribution in [0.4, 0.5) is 5.69 Å². The highest BCUT2D eigenvalue weighted by Crippen LogP contribution is 2.44. The second-order valence-electron chi connectivity index (χ2n) is 8.92. The van der Waals surface area contributed by atoms with Gasteiger partial charge in [0.2, 0.25) is 5.91 Å². The molecule has 2 aromatic rings. The molecule has 6 heteroatoms. The number of amides is 1. The van der Waals surface area contributed by atoms with Gasteiger partial charge in [-0.3, -0.25) is 9.10 Å². The molecule has 2 aliphatic rings. The van der Waals surface area contributed by atoms with Crippen LogP contribution in [0.5, 0.6) is 0 Å². The first-order valence-electron chi connectivity index (χ1n) is 10.8. The Morgan fingerprint density at radius 3 is 2.30 bits per heavy atom. The molecule has 0 unspecified atom stereocenters. The molecule has 30 heavy (non-hydrogen) atoms. The van der Waals surface area contributed by atoms with Crippen LogP contribution in [0.3, 0.4) is 0 Å². The Kier molecular flexibility index (Phi) is 5.87. The monoisotopic (exact) mass is 426 g/mol. The second-order valence-corrected chi connectivity index (χ2v) is 10.8. The van der Waals surface area contributed by atoms with Gasteiger partial charge in [0, 0.05) is 6.04 Å². The lowest BCUT2D eigenvalue weighted by Crippen LogP contribution is -2.46. The standard InChI is InChI=1S/C24H30N2O3S/c1-17(2)19-10-12-21(13-11-19)26(30(28,29)22-6-4-3-5-7-22)16-24(27)25-23-15-18-8-9-20(23)14-18/h3-7,10-13,17-18,20,23H,8-9,14-16H2,1-2H3,(H,25,27)/t18-,20-,23-/m1/s1. The average molecular weight is 427 g/mol. The summed E-state index contributed by atoms with van der Waals surface area (Å²) in [5.41, 5.74) is 1.63. The van der Waals surface area contributed by atoms with Gasteiger partial charge in [-0.05, 0) is 66.8 Å². The zero-order valence-corrected chi connectivity index (χ0v) is 18.4. The van der Waals surface area contributed by atoms with Crippen LogP contribution in [0.25, 0.3) is 0 Å². The van der Waals surface area contributed by atoms with E-state index in [0.29, 0.717) is 23.4 Å². The first kappa shape index (κ1) is 20.9. The number of sulfonamides is 1. The lowest BCUT2D eigenvalue weighted by molar-refractivity contribution is -0.120. The summed E-state index contributed by atoms with van der Waals surface area (Å²) in [6.45, 7) is 3.97. The molecule has 0 radical (unpaired) electrons. The fraction of sp³-hybridized carbons (Fsp3) is 0.458. The van der Waals surface area contributed by atoms with E-state index < -0.39 is 10.0 Å². The number of hydrogen-bond acceptors (Lipinski definition) is 3. The molecule has 2 bridgehead atoms. The van der Waals surface area contributed by atoms with Gasteiger partial charge in [-0.25, -0.2) is 8.42 Å². The van der Waals surface area contributed by atoms with Crippen molar-refractivity contribution in [2.75, 3.05) is 10.8 Å². The Morgan fingerprint density at radius 2 is 1.73 bits per heavy atom. The number of fused-ring (bicyclic) bond motifs is 2. The fourth-order valence-electron chi connectivity index (χ4n) is 4.86. The van der Waals surface area contributed by atoms with E-state index in [1.807, 2.05) is 12.1 Å². The van der Waals surface area contributed by atoms with Crippen molar-refractivity contribution in [3.63, 3.8) is 0 Å². The van der Waals surface area contributed by atoms with Crippen LogP contribution >= 0.6 is 0 Å². The molecule has 4 rings (SSSR count). The van der Waals surface area contributed by atoms with E-state index in [-0.39, 0.29) is 23.4 Å². The summed E-state index contributed by atoms with van der Waals surface area (Å²) in [5.74, 6) is 1.37. The summed E-state index contributed by atoms with van der Waals surface area (Å²) >= 11 is 0. The number of nitrogens with one attached hydrogen (secondary N) is 1. The van der Waals surface area contributed by atoms with Crippen LogP contribution in [0.1, 0.15) is 51.0 Å². The molecule has 2 fully saturated rings. The lowest BCUT2D eigenvalue weighted by Gasteiger charge is -2.27. The summed E-state index contributed by atoms with van der Waals surface area (Å²) in [6, 6.07) is 15.9. The Bertz CT molecular complexity index is 987. The molecule has 2 saturated carbocycles. The first-order chi connectivity index (χ1) is 14.3.